The Kier molecular flexibility index (Phi) is 5.87. The van der Waals surface area contributed by atoms with Gasteiger partial charge in [0, 0.05) is 19.5 Å². The second-order valence-corrected chi connectivity index (χ2v) is 8.51. The summed E-state index contributed by atoms with van der Waals surface area (Å²) in [6.45, 7) is 7.16. The normalized spacial score (nSPS) is 19.2. The quantitative estimate of drug-likeness (QED) is 0.827. The van der Waals surface area contributed by atoms with Crippen molar-refractivity contribution in [1.82, 2.24) is 4.90 Å². The number of nitrogens with zero attached hydrogens (tertiary/aromatic N) is 1. The maximum absolute atomic E-state index is 12.5. The Morgan fingerprint density at radius 3 is 2.57 bits per heavy atom. The van der Waals surface area contributed by atoms with Gasteiger partial charge >= 0.3 is 0 Å². The number of hydrogen-bond acceptors (Lipinski definition) is 2. The zero-order valence-electron chi connectivity index (χ0n) is 17.1. The summed E-state index contributed by atoms with van der Waals surface area (Å²) in [4.78, 5) is 26.8. The molecule has 4 heteroatoms. The van der Waals surface area contributed by atoms with Crippen molar-refractivity contribution >= 4 is 11.8 Å². The number of primary amides is 1. The molecule has 2 aromatic carbocycles. The molecule has 1 saturated heterocycles. The minimum absolute atomic E-state index is 0.116. The Bertz CT molecular complexity index is 874. The zero-order valence-corrected chi connectivity index (χ0v) is 17.1. The third-order valence-electron chi connectivity index (χ3n) is 5.69. The van der Waals surface area contributed by atoms with Crippen LogP contribution in [0.15, 0.2) is 48.5 Å². The van der Waals surface area contributed by atoms with Gasteiger partial charge in [0.05, 0.1) is 5.41 Å². The minimum Gasteiger partial charge on any atom is -0.369 e. The SMILES string of the molecule is Cc1cccc(-c2ccccc2CC2(C(N)=O)CCN(C(=O)CC(C)C)C2)c1. The number of benzene rings is 2. The Morgan fingerprint density at radius 2 is 1.89 bits per heavy atom. The van der Waals surface area contributed by atoms with Crippen molar-refractivity contribution in [3.8, 4) is 11.1 Å². The summed E-state index contributed by atoms with van der Waals surface area (Å²) in [5.74, 6) is 0.106. The van der Waals surface area contributed by atoms with Crippen molar-refractivity contribution in [3.63, 3.8) is 0 Å². The van der Waals surface area contributed by atoms with Crippen LogP contribution in [0.4, 0.5) is 0 Å². The fraction of sp³-hybridized carbons (Fsp3) is 0.417. The Balaban J connectivity index is 1.89. The van der Waals surface area contributed by atoms with E-state index in [0.29, 0.717) is 38.3 Å². The van der Waals surface area contributed by atoms with Crippen molar-refractivity contribution in [2.24, 2.45) is 17.1 Å². The molecule has 1 atom stereocenters. The molecule has 0 aliphatic carbocycles. The topological polar surface area (TPSA) is 63.4 Å². The van der Waals surface area contributed by atoms with Crippen LogP contribution in [0, 0.1) is 18.3 Å². The summed E-state index contributed by atoms with van der Waals surface area (Å²) in [6.07, 6.45) is 1.68. The molecule has 1 fully saturated rings. The summed E-state index contributed by atoms with van der Waals surface area (Å²) in [5.41, 5.74) is 9.74. The molecule has 4 nitrogen and oxygen atoms in total. The van der Waals surface area contributed by atoms with Crippen LogP contribution in [0.3, 0.4) is 0 Å². The lowest BCUT2D eigenvalue weighted by atomic mass is 9.78. The number of carbonyl (C=O) groups is 2. The van der Waals surface area contributed by atoms with Crippen LogP contribution in [-0.2, 0) is 16.0 Å². The van der Waals surface area contributed by atoms with Gasteiger partial charge in [-0.15, -0.1) is 0 Å². The monoisotopic (exact) mass is 378 g/mol. The molecule has 0 radical (unpaired) electrons. The van der Waals surface area contributed by atoms with E-state index in [-0.39, 0.29) is 11.8 Å². The predicted molar refractivity (Wildman–Crippen MR) is 113 cm³/mol. The van der Waals surface area contributed by atoms with E-state index in [1.165, 1.54) is 5.56 Å². The number of likely N-dealkylation sites (tertiary alicyclic amines) is 1. The van der Waals surface area contributed by atoms with Gasteiger partial charge in [-0.3, -0.25) is 9.59 Å². The number of nitrogens with two attached hydrogens (primary N) is 1. The van der Waals surface area contributed by atoms with Crippen molar-refractivity contribution in [2.45, 2.75) is 40.0 Å². The Hall–Kier alpha value is -2.62. The van der Waals surface area contributed by atoms with Crippen LogP contribution in [-0.4, -0.2) is 29.8 Å². The van der Waals surface area contributed by atoms with Crippen LogP contribution in [0.1, 0.15) is 37.8 Å². The van der Waals surface area contributed by atoms with E-state index in [9.17, 15) is 9.59 Å². The molecular weight excluding hydrogens is 348 g/mol. The van der Waals surface area contributed by atoms with E-state index in [4.69, 9.17) is 5.73 Å². The largest absolute Gasteiger partial charge is 0.369 e. The van der Waals surface area contributed by atoms with Gasteiger partial charge in [-0.1, -0.05) is 67.9 Å². The highest BCUT2D eigenvalue weighted by atomic mass is 16.2. The lowest BCUT2D eigenvalue weighted by Gasteiger charge is -2.27. The maximum atomic E-state index is 12.5. The van der Waals surface area contributed by atoms with Crippen LogP contribution >= 0.6 is 0 Å². The van der Waals surface area contributed by atoms with Crippen LogP contribution in [0.2, 0.25) is 0 Å². The Labute approximate surface area is 167 Å². The van der Waals surface area contributed by atoms with Gasteiger partial charge in [-0.2, -0.15) is 0 Å². The molecule has 0 bridgehead atoms. The molecule has 1 heterocycles. The summed E-state index contributed by atoms with van der Waals surface area (Å²) >= 11 is 0. The lowest BCUT2D eigenvalue weighted by Crippen LogP contribution is -2.42. The molecule has 1 aliphatic rings. The van der Waals surface area contributed by atoms with E-state index < -0.39 is 5.41 Å². The first-order valence-corrected chi connectivity index (χ1v) is 10.0. The third kappa shape index (κ3) is 4.27. The van der Waals surface area contributed by atoms with Gasteiger partial charge in [-0.05, 0) is 42.4 Å². The summed E-state index contributed by atoms with van der Waals surface area (Å²) < 4.78 is 0. The fourth-order valence-corrected chi connectivity index (χ4v) is 4.13. The molecule has 2 aromatic rings. The van der Waals surface area contributed by atoms with Gasteiger partial charge in [0.25, 0.3) is 0 Å². The number of hydrogen-bond donors (Lipinski definition) is 1. The Morgan fingerprint density at radius 1 is 1.14 bits per heavy atom. The average molecular weight is 379 g/mol. The molecule has 0 spiro atoms. The van der Waals surface area contributed by atoms with Gasteiger partial charge in [0.1, 0.15) is 0 Å². The zero-order chi connectivity index (χ0) is 20.3. The first kappa shape index (κ1) is 20.1. The predicted octanol–water partition coefficient (Wildman–Crippen LogP) is 3.95. The molecule has 2 amide bonds. The third-order valence-corrected chi connectivity index (χ3v) is 5.69. The molecule has 3 rings (SSSR count). The standard InChI is InChI=1S/C24H30N2O2/c1-17(2)13-22(27)26-12-11-24(16-26,23(25)28)15-20-8-4-5-10-21(20)19-9-6-7-18(3)14-19/h4-10,14,17H,11-13,15-16H2,1-3H3,(H2,25,28). The van der Waals surface area contributed by atoms with Crippen molar-refractivity contribution in [3.05, 3.63) is 59.7 Å². The van der Waals surface area contributed by atoms with E-state index in [1.54, 1.807) is 0 Å². The smallest absolute Gasteiger partial charge is 0.225 e. The number of carbonyl (C=O) groups excluding carboxylic acids is 2. The lowest BCUT2D eigenvalue weighted by molar-refractivity contribution is -0.132. The summed E-state index contributed by atoms with van der Waals surface area (Å²) in [6, 6.07) is 16.6. The fourth-order valence-electron chi connectivity index (χ4n) is 4.13. The van der Waals surface area contributed by atoms with Gasteiger partial charge in [0.15, 0.2) is 0 Å². The molecule has 148 valence electrons. The molecule has 1 aliphatic heterocycles. The van der Waals surface area contributed by atoms with Gasteiger partial charge in [-0.25, -0.2) is 0 Å². The van der Waals surface area contributed by atoms with E-state index >= 15 is 0 Å². The molecule has 28 heavy (non-hydrogen) atoms. The van der Waals surface area contributed by atoms with E-state index in [2.05, 4.69) is 37.3 Å². The molecule has 0 saturated carbocycles. The molecule has 0 aromatic heterocycles. The molecule has 1 unspecified atom stereocenters. The average Bonchev–Trinajstić information content (AvgIpc) is 3.07. The number of aryl methyl sites for hydroxylation is 1. The van der Waals surface area contributed by atoms with Crippen LogP contribution < -0.4 is 5.73 Å². The summed E-state index contributed by atoms with van der Waals surface area (Å²) in [7, 11) is 0. The summed E-state index contributed by atoms with van der Waals surface area (Å²) in [5, 5.41) is 0. The van der Waals surface area contributed by atoms with Crippen molar-refractivity contribution in [1.29, 1.82) is 0 Å². The highest BCUT2D eigenvalue weighted by molar-refractivity contribution is 5.85. The van der Waals surface area contributed by atoms with E-state index in [1.807, 2.05) is 36.9 Å². The highest BCUT2D eigenvalue weighted by Gasteiger charge is 2.45. The van der Waals surface area contributed by atoms with Crippen molar-refractivity contribution in [2.75, 3.05) is 13.1 Å². The first-order valence-electron chi connectivity index (χ1n) is 10.0. The second kappa shape index (κ2) is 8.17. The van der Waals surface area contributed by atoms with E-state index in [0.717, 1.165) is 16.7 Å². The van der Waals surface area contributed by atoms with Crippen LogP contribution in [0.5, 0.6) is 0 Å². The minimum atomic E-state index is -0.702. The maximum Gasteiger partial charge on any atom is 0.225 e. The number of rotatable bonds is 6. The van der Waals surface area contributed by atoms with Gasteiger partial charge in [0.2, 0.25) is 11.8 Å². The molecule has 2 N–H and O–H groups in total. The second-order valence-electron chi connectivity index (χ2n) is 8.51. The highest BCUT2D eigenvalue weighted by Crippen LogP contribution is 2.37. The number of amides is 2. The van der Waals surface area contributed by atoms with Crippen molar-refractivity contribution < 1.29 is 9.59 Å². The van der Waals surface area contributed by atoms with Gasteiger partial charge < -0.3 is 10.6 Å². The molecular formula is C24H30N2O2. The first-order chi connectivity index (χ1) is 13.3. The van der Waals surface area contributed by atoms with Crippen LogP contribution in [0.25, 0.3) is 11.1 Å².